The van der Waals surface area contributed by atoms with Gasteiger partial charge in [0.05, 0.1) is 27.7 Å². The van der Waals surface area contributed by atoms with Gasteiger partial charge in [0.15, 0.2) is 0 Å². The molecule has 0 radical (unpaired) electrons. The zero-order valence-electron chi connectivity index (χ0n) is 27.9. The monoisotopic (exact) mass is 648 g/mol. The Morgan fingerprint density at radius 3 is 1.86 bits per heavy atom. The van der Waals surface area contributed by atoms with Gasteiger partial charge in [-0.2, -0.15) is 0 Å². The second-order valence-corrected chi connectivity index (χ2v) is 13.8. The molecule has 2 heteroatoms. The van der Waals surface area contributed by atoms with E-state index < -0.39 is 5.41 Å². The van der Waals surface area contributed by atoms with Crippen molar-refractivity contribution in [2.75, 3.05) is 0 Å². The van der Waals surface area contributed by atoms with Crippen molar-refractivity contribution in [3.05, 3.63) is 243 Å². The van der Waals surface area contributed by atoms with Gasteiger partial charge in [-0.05, 0) is 74.8 Å². The van der Waals surface area contributed by atoms with Crippen molar-refractivity contribution in [2.45, 2.75) is 11.3 Å². The zero-order valence-corrected chi connectivity index (χ0v) is 27.9. The third-order valence-electron chi connectivity index (χ3n) is 11.3. The second kappa shape index (κ2) is 10.7. The number of benzene rings is 7. The van der Waals surface area contributed by atoms with Gasteiger partial charge in [-0.3, -0.25) is 0 Å². The molecule has 1 atom stereocenters. The van der Waals surface area contributed by atoms with Crippen molar-refractivity contribution >= 4 is 16.5 Å². The van der Waals surface area contributed by atoms with Crippen LogP contribution in [0.2, 0.25) is 0 Å². The fraction of sp³-hybridized carbons (Fsp3) is 0.0408. The van der Waals surface area contributed by atoms with E-state index in [2.05, 4.69) is 193 Å². The Bertz CT molecular complexity index is 2800. The van der Waals surface area contributed by atoms with Gasteiger partial charge in [-0.1, -0.05) is 158 Å². The van der Waals surface area contributed by atoms with Crippen LogP contribution in [0.25, 0.3) is 33.3 Å². The Kier molecular flexibility index (Phi) is 5.97. The van der Waals surface area contributed by atoms with Crippen LogP contribution < -0.4 is 10.6 Å². The quantitative estimate of drug-likeness (QED) is 0.181. The predicted octanol–water partition coefficient (Wildman–Crippen LogP) is 9.86. The first kappa shape index (κ1) is 28.3. The number of aromatic nitrogens is 1. The van der Waals surface area contributed by atoms with Crippen LogP contribution in [0.5, 0.6) is 0 Å². The van der Waals surface area contributed by atoms with Crippen molar-refractivity contribution in [1.29, 1.82) is 0 Å². The molecule has 2 aliphatic carbocycles. The molecule has 0 fully saturated rings. The van der Waals surface area contributed by atoms with Gasteiger partial charge in [-0.15, -0.1) is 0 Å². The molecule has 51 heavy (non-hydrogen) atoms. The third-order valence-corrected chi connectivity index (χ3v) is 11.3. The molecule has 0 N–H and O–H groups in total. The Morgan fingerprint density at radius 2 is 1.14 bits per heavy atom. The molecule has 0 bridgehead atoms. The molecule has 0 saturated carbocycles. The van der Waals surface area contributed by atoms with Crippen LogP contribution >= 0.6 is 0 Å². The van der Waals surface area contributed by atoms with E-state index in [9.17, 15) is 0 Å². The van der Waals surface area contributed by atoms with E-state index in [0.717, 1.165) is 16.7 Å². The molecule has 1 aliphatic heterocycles. The largest absolute Gasteiger partial charge is 0.309 e. The Labute approximate surface area is 296 Å². The molecule has 0 spiro atoms. The maximum absolute atomic E-state index is 5.25. The van der Waals surface area contributed by atoms with Crippen molar-refractivity contribution in [1.82, 2.24) is 4.57 Å². The summed E-state index contributed by atoms with van der Waals surface area (Å²) in [5, 5.41) is 3.49. The molecule has 3 aliphatic rings. The van der Waals surface area contributed by atoms with Crippen molar-refractivity contribution in [3.8, 4) is 16.8 Å². The van der Waals surface area contributed by atoms with Gasteiger partial charge in [0.2, 0.25) is 0 Å². The predicted molar refractivity (Wildman–Crippen MR) is 207 cm³/mol. The number of allylic oxidation sites excluding steroid dienone is 2. The molecule has 11 rings (SSSR count). The van der Waals surface area contributed by atoms with Crippen LogP contribution in [0, 0.1) is 0 Å². The van der Waals surface area contributed by atoms with E-state index >= 15 is 0 Å². The minimum absolute atomic E-state index is 0.0485. The lowest BCUT2D eigenvalue weighted by molar-refractivity contribution is 0.769. The van der Waals surface area contributed by atoms with Gasteiger partial charge in [0.1, 0.15) is 0 Å². The van der Waals surface area contributed by atoms with Crippen LogP contribution in [0.1, 0.15) is 45.0 Å². The first-order chi connectivity index (χ1) is 25.3. The van der Waals surface area contributed by atoms with Crippen molar-refractivity contribution in [2.24, 2.45) is 4.99 Å². The van der Waals surface area contributed by atoms with Gasteiger partial charge >= 0.3 is 0 Å². The van der Waals surface area contributed by atoms with E-state index in [1.54, 1.807) is 0 Å². The number of hydrogen-bond acceptors (Lipinski definition) is 1. The summed E-state index contributed by atoms with van der Waals surface area (Å²) in [5.41, 5.74) is 15.7. The summed E-state index contributed by atoms with van der Waals surface area (Å²) in [4.78, 5) is 5.25. The molecule has 0 saturated heterocycles. The average Bonchev–Trinajstić information content (AvgIpc) is 3.85. The number of fused-ring (bicyclic) bond motifs is 9. The Morgan fingerprint density at radius 1 is 0.529 bits per heavy atom. The van der Waals surface area contributed by atoms with E-state index in [4.69, 9.17) is 4.99 Å². The smallest absolute Gasteiger partial charge is 0.0716 e. The highest BCUT2D eigenvalue weighted by molar-refractivity contribution is 5.99. The summed E-state index contributed by atoms with van der Waals surface area (Å²) in [7, 11) is 0. The van der Waals surface area contributed by atoms with Gasteiger partial charge in [0, 0.05) is 27.8 Å². The average molecular weight is 649 g/mol. The Hall–Kier alpha value is -6.51. The summed E-state index contributed by atoms with van der Waals surface area (Å²) >= 11 is 0. The molecule has 0 amide bonds. The third kappa shape index (κ3) is 3.85. The normalized spacial score (nSPS) is 16.0. The fourth-order valence-electron chi connectivity index (χ4n) is 9.30. The van der Waals surface area contributed by atoms with Gasteiger partial charge < -0.3 is 4.57 Å². The molecule has 2 nitrogen and oxygen atoms in total. The number of hydrogen-bond donors (Lipinski definition) is 0. The topological polar surface area (TPSA) is 17.3 Å². The van der Waals surface area contributed by atoms with Gasteiger partial charge in [0.25, 0.3) is 0 Å². The fourth-order valence-corrected chi connectivity index (χ4v) is 9.30. The van der Waals surface area contributed by atoms with E-state index in [0.29, 0.717) is 0 Å². The van der Waals surface area contributed by atoms with E-state index in [1.807, 2.05) is 0 Å². The summed E-state index contributed by atoms with van der Waals surface area (Å²) in [6, 6.07) is 66.8. The van der Waals surface area contributed by atoms with Crippen LogP contribution in [0.4, 0.5) is 0 Å². The van der Waals surface area contributed by atoms with Crippen LogP contribution in [0.3, 0.4) is 0 Å². The molecule has 1 aromatic heterocycles. The zero-order chi connectivity index (χ0) is 33.5. The highest BCUT2D eigenvalue weighted by atomic mass is 15.0. The van der Waals surface area contributed by atoms with Crippen LogP contribution in [-0.2, 0) is 5.41 Å². The summed E-state index contributed by atoms with van der Waals surface area (Å²) in [5.74, 6) is 0.0485. The first-order valence-electron chi connectivity index (χ1n) is 17.8. The molecule has 8 aromatic rings. The van der Waals surface area contributed by atoms with Crippen LogP contribution in [0.15, 0.2) is 199 Å². The number of para-hydroxylation sites is 2. The maximum Gasteiger partial charge on any atom is 0.0716 e. The van der Waals surface area contributed by atoms with Crippen LogP contribution in [-0.4, -0.2) is 4.57 Å². The second-order valence-electron chi connectivity index (χ2n) is 13.8. The first-order valence-corrected chi connectivity index (χ1v) is 17.8. The summed E-state index contributed by atoms with van der Waals surface area (Å²) < 4.78 is 2.52. The number of nitrogens with zero attached hydrogens (tertiary/aromatic N) is 2. The minimum Gasteiger partial charge on any atom is -0.309 e. The lowest BCUT2D eigenvalue weighted by Gasteiger charge is -2.34. The SMILES string of the molecule is C1=C2N=c3ccccc3=C2c2c(c3ccc(C4(c5ccccc5)c5ccccc5-c5ccccc54)cc3n2-c2ccccc2)C1c1ccccc1. The van der Waals surface area contributed by atoms with E-state index in [1.165, 1.54) is 71.9 Å². The summed E-state index contributed by atoms with van der Waals surface area (Å²) in [6.07, 6.45) is 2.39. The molecule has 1 unspecified atom stereocenters. The standard InChI is InChI=1S/C49H32N2/c1-4-16-32(17-5-1)40-31-44-47(38-24-12-15-27-43(38)50-44)48-46(40)39-29-28-34(30-45(39)51(48)35-20-8-3-9-21-35)49(33-18-6-2-7-19-33)41-25-13-10-22-36(41)37-23-11-14-26-42(37)49/h1-31,40H. The molecule has 2 heterocycles. The molecule has 238 valence electrons. The molecular weight excluding hydrogens is 617 g/mol. The van der Waals surface area contributed by atoms with Crippen molar-refractivity contribution < 1.29 is 0 Å². The van der Waals surface area contributed by atoms with Crippen molar-refractivity contribution in [3.63, 3.8) is 0 Å². The number of rotatable bonds is 4. The highest BCUT2D eigenvalue weighted by Gasteiger charge is 2.46. The van der Waals surface area contributed by atoms with Gasteiger partial charge in [-0.25, -0.2) is 4.99 Å². The Balaban J connectivity index is 1.31. The summed E-state index contributed by atoms with van der Waals surface area (Å²) in [6.45, 7) is 0. The molecular formula is C49H32N2. The maximum atomic E-state index is 5.25. The molecule has 7 aromatic carbocycles. The van der Waals surface area contributed by atoms with E-state index in [-0.39, 0.29) is 5.92 Å². The minimum atomic E-state index is -0.487. The lowest BCUT2D eigenvalue weighted by Crippen LogP contribution is -2.28. The highest BCUT2D eigenvalue weighted by Crippen LogP contribution is 2.57. The lowest BCUT2D eigenvalue weighted by atomic mass is 9.67.